The maximum absolute atomic E-state index is 13.7. The van der Waals surface area contributed by atoms with Crippen molar-refractivity contribution < 1.29 is 22.8 Å². The Morgan fingerprint density at radius 1 is 1.16 bits per heavy atom. The van der Waals surface area contributed by atoms with Crippen molar-refractivity contribution in [3.05, 3.63) is 23.8 Å². The SMILES string of the molecule is CCCCCCOc1c(F)cc(B2OCO2)cc1F. The Labute approximate surface area is 112 Å². The van der Waals surface area contributed by atoms with Gasteiger partial charge in [-0.15, -0.1) is 0 Å². The predicted octanol–water partition coefficient (Wildman–Crippen LogP) is 2.62. The van der Waals surface area contributed by atoms with Crippen LogP contribution in [0.1, 0.15) is 32.6 Å². The van der Waals surface area contributed by atoms with E-state index in [0.29, 0.717) is 12.1 Å². The molecule has 0 saturated carbocycles. The first-order chi connectivity index (χ1) is 9.22. The van der Waals surface area contributed by atoms with E-state index in [1.165, 1.54) is 12.1 Å². The molecule has 1 aromatic carbocycles. The van der Waals surface area contributed by atoms with Crippen LogP contribution in [0.3, 0.4) is 0 Å². The van der Waals surface area contributed by atoms with Crippen molar-refractivity contribution in [1.82, 2.24) is 0 Å². The summed E-state index contributed by atoms with van der Waals surface area (Å²) in [5.74, 6) is -1.76. The summed E-state index contributed by atoms with van der Waals surface area (Å²) < 4.78 is 42.6. The average molecular weight is 270 g/mol. The fraction of sp³-hybridized carbons (Fsp3) is 0.538. The van der Waals surface area contributed by atoms with Gasteiger partial charge in [-0.3, -0.25) is 0 Å². The molecule has 0 N–H and O–H groups in total. The van der Waals surface area contributed by atoms with E-state index >= 15 is 0 Å². The molecule has 0 atom stereocenters. The summed E-state index contributed by atoms with van der Waals surface area (Å²) in [6.45, 7) is 2.58. The molecule has 0 radical (unpaired) electrons. The van der Waals surface area contributed by atoms with Crippen LogP contribution in [-0.4, -0.2) is 20.5 Å². The topological polar surface area (TPSA) is 27.7 Å². The standard InChI is InChI=1S/C13H17BF2O3/c1-2-3-4-5-6-17-13-11(15)7-10(8-12(13)16)14-18-9-19-14/h7-8H,2-6,9H2,1H3. The normalized spacial score (nSPS) is 14.4. The van der Waals surface area contributed by atoms with Crippen LogP contribution in [-0.2, 0) is 9.31 Å². The van der Waals surface area contributed by atoms with E-state index in [1.807, 2.05) is 0 Å². The van der Waals surface area contributed by atoms with Crippen LogP contribution in [0.15, 0.2) is 12.1 Å². The Hall–Kier alpha value is -1.14. The van der Waals surface area contributed by atoms with Crippen LogP contribution >= 0.6 is 0 Å². The zero-order valence-electron chi connectivity index (χ0n) is 11.0. The van der Waals surface area contributed by atoms with Crippen LogP contribution in [0.25, 0.3) is 0 Å². The summed E-state index contributed by atoms with van der Waals surface area (Å²) in [6, 6.07) is 2.38. The number of unbranched alkanes of at least 4 members (excludes halogenated alkanes) is 3. The molecule has 1 saturated heterocycles. The molecule has 0 spiro atoms. The summed E-state index contributed by atoms with van der Waals surface area (Å²) >= 11 is 0. The van der Waals surface area contributed by atoms with Crippen molar-refractivity contribution in [3.8, 4) is 5.75 Å². The molecule has 1 heterocycles. The van der Waals surface area contributed by atoms with Gasteiger partial charge in [0.2, 0.25) is 0 Å². The quantitative estimate of drug-likeness (QED) is 0.563. The molecule has 6 heteroatoms. The Morgan fingerprint density at radius 3 is 2.37 bits per heavy atom. The minimum Gasteiger partial charge on any atom is -0.488 e. The third-order valence-electron chi connectivity index (χ3n) is 2.98. The van der Waals surface area contributed by atoms with Gasteiger partial charge in [0.05, 0.1) is 6.61 Å². The fourth-order valence-electron chi connectivity index (χ4n) is 1.89. The molecule has 1 aromatic rings. The van der Waals surface area contributed by atoms with Gasteiger partial charge in [-0.05, 0) is 24.0 Å². The highest BCUT2D eigenvalue weighted by Gasteiger charge is 2.31. The molecule has 19 heavy (non-hydrogen) atoms. The molecule has 1 aliphatic heterocycles. The second-order valence-corrected chi connectivity index (χ2v) is 4.51. The molecule has 0 unspecified atom stereocenters. The van der Waals surface area contributed by atoms with Gasteiger partial charge in [-0.1, -0.05) is 26.2 Å². The zero-order chi connectivity index (χ0) is 13.7. The smallest absolute Gasteiger partial charge is 0.488 e. The molecule has 0 aromatic heterocycles. The Morgan fingerprint density at radius 2 is 1.84 bits per heavy atom. The second kappa shape index (κ2) is 6.87. The van der Waals surface area contributed by atoms with E-state index in [-0.39, 0.29) is 12.5 Å². The van der Waals surface area contributed by atoms with Gasteiger partial charge in [-0.25, -0.2) is 8.78 Å². The molecular formula is C13H17BF2O3. The van der Waals surface area contributed by atoms with Crippen molar-refractivity contribution in [2.24, 2.45) is 0 Å². The minimum atomic E-state index is -0.718. The third-order valence-corrected chi connectivity index (χ3v) is 2.98. The summed E-state index contributed by atoms with van der Waals surface area (Å²) in [5, 5.41) is 0. The van der Waals surface area contributed by atoms with E-state index in [9.17, 15) is 8.78 Å². The van der Waals surface area contributed by atoms with Gasteiger partial charge in [-0.2, -0.15) is 0 Å². The van der Waals surface area contributed by atoms with Gasteiger partial charge < -0.3 is 14.0 Å². The number of rotatable bonds is 7. The van der Waals surface area contributed by atoms with Crippen molar-refractivity contribution in [2.75, 3.05) is 13.4 Å². The molecule has 1 fully saturated rings. The average Bonchev–Trinajstić information content (AvgIpc) is 2.29. The highest BCUT2D eigenvalue weighted by Crippen LogP contribution is 2.21. The lowest BCUT2D eigenvalue weighted by Gasteiger charge is -2.23. The van der Waals surface area contributed by atoms with Crippen LogP contribution in [0, 0.1) is 11.6 Å². The first-order valence-electron chi connectivity index (χ1n) is 6.57. The van der Waals surface area contributed by atoms with E-state index < -0.39 is 18.8 Å². The molecule has 0 amide bonds. The third kappa shape index (κ3) is 3.67. The fourth-order valence-corrected chi connectivity index (χ4v) is 1.89. The molecule has 1 aliphatic rings. The first-order valence-corrected chi connectivity index (χ1v) is 6.57. The molecular weight excluding hydrogens is 253 g/mol. The predicted molar refractivity (Wildman–Crippen MR) is 68.4 cm³/mol. The van der Waals surface area contributed by atoms with Crippen molar-refractivity contribution in [1.29, 1.82) is 0 Å². The maximum Gasteiger partial charge on any atom is 0.497 e. The van der Waals surface area contributed by atoms with Gasteiger partial charge in [0.25, 0.3) is 0 Å². The zero-order valence-corrected chi connectivity index (χ0v) is 11.0. The molecule has 3 nitrogen and oxygen atoms in total. The van der Waals surface area contributed by atoms with E-state index in [4.69, 9.17) is 14.0 Å². The van der Waals surface area contributed by atoms with Crippen LogP contribution in [0.5, 0.6) is 5.75 Å². The van der Waals surface area contributed by atoms with Crippen LogP contribution in [0.4, 0.5) is 8.78 Å². The van der Waals surface area contributed by atoms with E-state index in [0.717, 1.165) is 25.7 Å². The summed E-state index contributed by atoms with van der Waals surface area (Å²) in [4.78, 5) is 0. The lowest BCUT2D eigenvalue weighted by atomic mass is 9.77. The Kier molecular flexibility index (Phi) is 5.16. The number of ether oxygens (including phenoxy) is 1. The van der Waals surface area contributed by atoms with Crippen molar-refractivity contribution in [3.63, 3.8) is 0 Å². The summed E-state index contributed by atoms with van der Waals surface area (Å²) in [5.41, 5.74) is 0.333. The number of benzene rings is 1. The van der Waals surface area contributed by atoms with Gasteiger partial charge in [0.1, 0.15) is 6.79 Å². The number of halogens is 2. The highest BCUT2D eigenvalue weighted by atomic mass is 19.1. The summed E-state index contributed by atoms with van der Waals surface area (Å²) in [7, 11) is -0.664. The lowest BCUT2D eigenvalue weighted by molar-refractivity contribution is -0.00403. The lowest BCUT2D eigenvalue weighted by Crippen LogP contribution is -2.46. The first kappa shape index (κ1) is 14.3. The van der Waals surface area contributed by atoms with Gasteiger partial charge >= 0.3 is 7.12 Å². The van der Waals surface area contributed by atoms with Gasteiger partial charge in [0.15, 0.2) is 17.4 Å². The Balaban J connectivity index is 1.92. The Bertz CT molecular complexity index is 401. The highest BCUT2D eigenvalue weighted by molar-refractivity contribution is 6.62. The van der Waals surface area contributed by atoms with Gasteiger partial charge in [0, 0.05) is 0 Å². The second-order valence-electron chi connectivity index (χ2n) is 4.51. The maximum atomic E-state index is 13.7. The monoisotopic (exact) mass is 270 g/mol. The number of hydrogen-bond donors (Lipinski definition) is 0. The summed E-state index contributed by atoms with van der Waals surface area (Å²) in [6.07, 6.45) is 4.01. The van der Waals surface area contributed by atoms with E-state index in [1.54, 1.807) is 0 Å². The van der Waals surface area contributed by atoms with Crippen LogP contribution < -0.4 is 10.2 Å². The minimum absolute atomic E-state index is 0.156. The van der Waals surface area contributed by atoms with Crippen LogP contribution in [0.2, 0.25) is 0 Å². The number of hydrogen-bond acceptors (Lipinski definition) is 3. The van der Waals surface area contributed by atoms with Crippen molar-refractivity contribution in [2.45, 2.75) is 32.6 Å². The molecule has 0 bridgehead atoms. The molecule has 0 aliphatic carbocycles. The van der Waals surface area contributed by atoms with Crippen molar-refractivity contribution >= 4 is 12.6 Å². The molecule has 2 rings (SSSR count). The largest absolute Gasteiger partial charge is 0.497 e. The van der Waals surface area contributed by atoms with E-state index in [2.05, 4.69) is 6.92 Å². The molecule has 104 valence electrons.